The first-order valence-electron chi connectivity index (χ1n) is 4.88. The zero-order valence-corrected chi connectivity index (χ0v) is 11.8. The van der Waals surface area contributed by atoms with E-state index < -0.39 is 0 Å². The molecule has 2 aromatic rings. The molecule has 1 aromatic carbocycles. The van der Waals surface area contributed by atoms with Gasteiger partial charge in [-0.25, -0.2) is 5.10 Å². The highest BCUT2D eigenvalue weighted by Crippen LogP contribution is 2.18. The normalized spacial score (nSPS) is 10.1. The second kappa shape index (κ2) is 5.49. The molecule has 7 heteroatoms. The molecule has 1 amide bonds. The van der Waals surface area contributed by atoms with E-state index in [9.17, 15) is 9.59 Å². The summed E-state index contributed by atoms with van der Waals surface area (Å²) in [4.78, 5) is 22.8. The summed E-state index contributed by atoms with van der Waals surface area (Å²) in [5.74, 6) is -0.0585. The number of hydrogen-bond donors (Lipinski definition) is 2. The molecule has 0 spiro atoms. The van der Waals surface area contributed by atoms with E-state index in [1.807, 2.05) is 22.6 Å². The summed E-state index contributed by atoms with van der Waals surface area (Å²) in [6.45, 7) is 0. The molecule has 0 saturated heterocycles. The third kappa shape index (κ3) is 3.08. The van der Waals surface area contributed by atoms with E-state index in [2.05, 4.69) is 15.5 Å². The second-order valence-electron chi connectivity index (χ2n) is 3.38. The van der Waals surface area contributed by atoms with Crippen LogP contribution in [0.5, 0.6) is 0 Å². The van der Waals surface area contributed by atoms with Gasteiger partial charge in [-0.3, -0.25) is 9.59 Å². The molecule has 0 unspecified atom stereocenters. The summed E-state index contributed by atoms with van der Waals surface area (Å²) in [6.07, 6.45) is 0. The quantitative estimate of drug-likeness (QED) is 0.791. The lowest BCUT2D eigenvalue weighted by molar-refractivity contribution is 0.102. The fourth-order valence-electron chi connectivity index (χ4n) is 1.27. The van der Waals surface area contributed by atoms with E-state index in [1.54, 1.807) is 18.2 Å². The summed E-state index contributed by atoms with van der Waals surface area (Å²) in [5, 5.41) is 8.98. The van der Waals surface area contributed by atoms with E-state index in [1.165, 1.54) is 12.1 Å². The number of anilines is 1. The number of halogens is 2. The van der Waals surface area contributed by atoms with Crippen molar-refractivity contribution in [1.29, 1.82) is 0 Å². The van der Waals surface area contributed by atoms with Crippen molar-refractivity contribution in [3.63, 3.8) is 0 Å². The van der Waals surface area contributed by atoms with Crippen molar-refractivity contribution in [2.24, 2.45) is 0 Å². The van der Waals surface area contributed by atoms with Crippen LogP contribution >= 0.6 is 34.2 Å². The van der Waals surface area contributed by atoms with Crippen LogP contribution in [-0.2, 0) is 0 Å². The summed E-state index contributed by atoms with van der Waals surface area (Å²) >= 11 is 7.88. The summed E-state index contributed by atoms with van der Waals surface area (Å²) in [6, 6.07) is 7.74. The first-order valence-corrected chi connectivity index (χ1v) is 6.34. The molecule has 0 saturated carbocycles. The van der Waals surface area contributed by atoms with Gasteiger partial charge in [-0.2, -0.15) is 5.10 Å². The maximum atomic E-state index is 12.0. The Bertz CT molecular complexity index is 636. The van der Waals surface area contributed by atoms with E-state index in [4.69, 9.17) is 11.6 Å². The maximum Gasteiger partial charge on any atom is 0.264 e. The fraction of sp³-hybridized carbons (Fsp3) is 0. The third-order valence-corrected chi connectivity index (χ3v) is 3.27. The van der Waals surface area contributed by atoms with Crippen molar-refractivity contribution in [3.8, 4) is 0 Å². The van der Waals surface area contributed by atoms with Crippen LogP contribution in [0.4, 0.5) is 5.82 Å². The molecule has 5 nitrogen and oxygen atoms in total. The highest BCUT2D eigenvalue weighted by molar-refractivity contribution is 14.1. The van der Waals surface area contributed by atoms with Gasteiger partial charge in [-0.05, 0) is 46.9 Å². The van der Waals surface area contributed by atoms with Gasteiger partial charge in [-0.1, -0.05) is 11.6 Å². The van der Waals surface area contributed by atoms with Crippen molar-refractivity contribution in [2.75, 3.05) is 5.32 Å². The Kier molecular flexibility index (Phi) is 3.97. The van der Waals surface area contributed by atoms with Crippen LogP contribution in [0.25, 0.3) is 0 Å². The van der Waals surface area contributed by atoms with Crippen LogP contribution in [0.15, 0.2) is 35.1 Å². The average Bonchev–Trinajstić information content (AvgIpc) is 2.35. The Hall–Kier alpha value is -1.41. The van der Waals surface area contributed by atoms with Gasteiger partial charge in [-0.15, -0.1) is 0 Å². The minimum Gasteiger partial charge on any atom is -0.305 e. The number of carbonyl (C=O) groups excluding carboxylic acids is 1. The van der Waals surface area contributed by atoms with Crippen LogP contribution in [0.1, 0.15) is 10.4 Å². The van der Waals surface area contributed by atoms with E-state index >= 15 is 0 Å². The molecule has 0 radical (unpaired) electrons. The van der Waals surface area contributed by atoms with E-state index in [0.717, 1.165) is 3.57 Å². The smallest absolute Gasteiger partial charge is 0.264 e. The van der Waals surface area contributed by atoms with Crippen molar-refractivity contribution < 1.29 is 4.79 Å². The number of aromatic nitrogens is 2. The number of aromatic amines is 1. The van der Waals surface area contributed by atoms with Crippen LogP contribution in [0.3, 0.4) is 0 Å². The number of benzene rings is 1. The molecule has 0 aliphatic carbocycles. The Morgan fingerprint density at radius 2 is 2.11 bits per heavy atom. The van der Waals surface area contributed by atoms with Crippen LogP contribution < -0.4 is 10.9 Å². The molecular formula is C11H7ClIN3O2. The molecule has 0 atom stereocenters. The molecule has 0 fully saturated rings. The standard InChI is InChI=1S/C11H7ClIN3O2/c12-6-1-2-8(13)7(5-6)11(18)14-9-3-4-10(17)16-15-9/h1-5H,(H,16,17)(H,14,15,18). The van der Waals surface area contributed by atoms with Gasteiger partial charge < -0.3 is 5.32 Å². The molecule has 0 bridgehead atoms. The summed E-state index contributed by atoms with van der Waals surface area (Å²) in [7, 11) is 0. The molecule has 1 aromatic heterocycles. The Labute approximate surface area is 121 Å². The first kappa shape index (κ1) is 13.0. The van der Waals surface area contributed by atoms with Crippen LogP contribution in [0, 0.1) is 3.57 Å². The summed E-state index contributed by atoms with van der Waals surface area (Å²) in [5.41, 5.74) is 0.126. The Balaban J connectivity index is 2.24. The molecule has 0 aliphatic heterocycles. The SMILES string of the molecule is O=C(Nc1ccc(=O)[nH]n1)c1cc(Cl)ccc1I. The number of nitrogens with zero attached hydrogens (tertiary/aromatic N) is 1. The van der Waals surface area contributed by atoms with Gasteiger partial charge >= 0.3 is 0 Å². The van der Waals surface area contributed by atoms with E-state index in [-0.39, 0.29) is 17.3 Å². The van der Waals surface area contributed by atoms with Gasteiger partial charge in [0.25, 0.3) is 11.5 Å². The van der Waals surface area contributed by atoms with Crippen LogP contribution in [-0.4, -0.2) is 16.1 Å². The number of amides is 1. The predicted molar refractivity (Wildman–Crippen MR) is 77.0 cm³/mol. The zero-order chi connectivity index (χ0) is 13.1. The highest BCUT2D eigenvalue weighted by Gasteiger charge is 2.11. The first-order chi connectivity index (χ1) is 8.56. The predicted octanol–water partition coefficient (Wildman–Crippen LogP) is 2.28. The Morgan fingerprint density at radius 1 is 1.33 bits per heavy atom. The van der Waals surface area contributed by atoms with E-state index in [0.29, 0.717) is 10.6 Å². The highest BCUT2D eigenvalue weighted by atomic mass is 127. The van der Waals surface area contributed by atoms with Gasteiger partial charge in [0.2, 0.25) is 0 Å². The van der Waals surface area contributed by atoms with Crippen molar-refractivity contribution in [1.82, 2.24) is 10.2 Å². The molecule has 2 rings (SSSR count). The number of hydrogen-bond acceptors (Lipinski definition) is 3. The fourth-order valence-corrected chi connectivity index (χ4v) is 2.02. The van der Waals surface area contributed by atoms with Crippen molar-refractivity contribution in [2.45, 2.75) is 0 Å². The Morgan fingerprint density at radius 3 is 2.78 bits per heavy atom. The minimum atomic E-state index is -0.332. The van der Waals surface area contributed by atoms with Crippen LogP contribution in [0.2, 0.25) is 5.02 Å². The molecule has 92 valence electrons. The lowest BCUT2D eigenvalue weighted by Gasteiger charge is -2.06. The lowest BCUT2D eigenvalue weighted by Crippen LogP contribution is -2.16. The summed E-state index contributed by atoms with van der Waals surface area (Å²) < 4.78 is 0.777. The molecule has 18 heavy (non-hydrogen) atoms. The number of rotatable bonds is 2. The van der Waals surface area contributed by atoms with Gasteiger partial charge in [0.1, 0.15) is 0 Å². The zero-order valence-electron chi connectivity index (χ0n) is 8.91. The topological polar surface area (TPSA) is 74.8 Å². The largest absolute Gasteiger partial charge is 0.305 e. The molecule has 1 heterocycles. The number of nitrogens with one attached hydrogen (secondary N) is 2. The maximum absolute atomic E-state index is 12.0. The molecule has 2 N–H and O–H groups in total. The molecular weight excluding hydrogens is 368 g/mol. The lowest BCUT2D eigenvalue weighted by atomic mass is 10.2. The molecule has 0 aliphatic rings. The van der Waals surface area contributed by atoms with Gasteiger partial charge in [0.05, 0.1) is 5.56 Å². The monoisotopic (exact) mass is 375 g/mol. The number of H-pyrrole nitrogens is 1. The van der Waals surface area contributed by atoms with Gasteiger partial charge in [0.15, 0.2) is 5.82 Å². The van der Waals surface area contributed by atoms with Crippen molar-refractivity contribution in [3.05, 3.63) is 54.8 Å². The average molecular weight is 376 g/mol. The van der Waals surface area contributed by atoms with Gasteiger partial charge in [0, 0.05) is 14.7 Å². The minimum absolute atomic E-state index is 0.273. The third-order valence-electron chi connectivity index (χ3n) is 2.09. The number of carbonyl (C=O) groups is 1. The van der Waals surface area contributed by atoms with Crippen molar-refractivity contribution >= 4 is 45.9 Å². The second-order valence-corrected chi connectivity index (χ2v) is 4.98.